The van der Waals surface area contributed by atoms with E-state index < -0.39 is 16.1 Å². The lowest BCUT2D eigenvalue weighted by atomic mass is 10.3. The van der Waals surface area contributed by atoms with E-state index in [-0.39, 0.29) is 16.3 Å². The molecule has 0 radical (unpaired) electrons. The van der Waals surface area contributed by atoms with Gasteiger partial charge in [-0.15, -0.1) is 0 Å². The molecule has 0 bridgehead atoms. The predicted octanol–water partition coefficient (Wildman–Crippen LogP) is 1.76. The number of halogens is 1. The maximum absolute atomic E-state index is 12.1. The van der Waals surface area contributed by atoms with E-state index in [1.165, 1.54) is 12.3 Å². The molecule has 22 heavy (non-hydrogen) atoms. The highest BCUT2D eigenvalue weighted by molar-refractivity contribution is 7.89. The van der Waals surface area contributed by atoms with Crippen LogP contribution in [0.4, 0.5) is 5.82 Å². The Morgan fingerprint density at radius 2 is 2.27 bits per heavy atom. The summed E-state index contributed by atoms with van der Waals surface area (Å²) in [6.07, 6.45) is 2.09. The van der Waals surface area contributed by atoms with E-state index in [1.54, 1.807) is 14.0 Å². The molecule has 9 heteroatoms. The quantitative estimate of drug-likeness (QED) is 0.660. The largest absolute Gasteiger partial charge is 0.385 e. The smallest absolute Gasteiger partial charge is 0.242 e. The molecule has 2 N–H and O–H groups in total. The number of rotatable bonds is 9. The lowest BCUT2D eigenvalue weighted by Gasteiger charge is -2.12. The van der Waals surface area contributed by atoms with E-state index in [4.69, 9.17) is 21.6 Å². The number of methoxy groups -OCH3 is 1. The van der Waals surface area contributed by atoms with E-state index in [2.05, 4.69) is 15.0 Å². The first-order valence-corrected chi connectivity index (χ1v) is 8.54. The SMILES string of the molecule is COCCCNc1ncc(S(=O)(=O)NC(C)CC#N)cc1Cl. The molecule has 0 amide bonds. The summed E-state index contributed by atoms with van der Waals surface area (Å²) in [5.41, 5.74) is 0. The van der Waals surface area contributed by atoms with Crippen LogP contribution in [0.1, 0.15) is 19.8 Å². The zero-order valence-electron chi connectivity index (χ0n) is 12.5. The topological polar surface area (TPSA) is 104 Å². The van der Waals surface area contributed by atoms with Gasteiger partial charge in [0, 0.05) is 32.5 Å². The third kappa shape index (κ3) is 5.77. The van der Waals surface area contributed by atoms with E-state index >= 15 is 0 Å². The number of anilines is 1. The van der Waals surface area contributed by atoms with E-state index in [0.717, 1.165) is 6.42 Å². The zero-order valence-corrected chi connectivity index (χ0v) is 14.0. The molecule has 1 heterocycles. The summed E-state index contributed by atoms with van der Waals surface area (Å²) in [4.78, 5) is 3.99. The Morgan fingerprint density at radius 3 is 2.86 bits per heavy atom. The van der Waals surface area contributed by atoms with Crippen LogP contribution in [0.5, 0.6) is 0 Å². The van der Waals surface area contributed by atoms with Gasteiger partial charge in [-0.1, -0.05) is 11.6 Å². The fraction of sp³-hybridized carbons (Fsp3) is 0.538. The van der Waals surface area contributed by atoms with Gasteiger partial charge in [-0.05, 0) is 19.4 Å². The Morgan fingerprint density at radius 1 is 1.55 bits per heavy atom. The van der Waals surface area contributed by atoms with Gasteiger partial charge in [-0.3, -0.25) is 0 Å². The second-order valence-electron chi connectivity index (χ2n) is 4.66. The molecule has 0 aromatic carbocycles. The number of nitriles is 1. The minimum atomic E-state index is -3.75. The number of nitrogens with zero attached hydrogens (tertiary/aromatic N) is 2. The van der Waals surface area contributed by atoms with E-state index in [1.807, 2.05) is 6.07 Å². The lowest BCUT2D eigenvalue weighted by molar-refractivity contribution is 0.198. The average Bonchev–Trinajstić information content (AvgIpc) is 2.44. The summed E-state index contributed by atoms with van der Waals surface area (Å²) >= 11 is 6.05. The molecule has 7 nitrogen and oxygen atoms in total. The van der Waals surface area contributed by atoms with E-state index in [0.29, 0.717) is 19.0 Å². The predicted molar refractivity (Wildman–Crippen MR) is 84.2 cm³/mol. The Hall–Kier alpha value is -1.40. The maximum Gasteiger partial charge on any atom is 0.242 e. The molecule has 122 valence electrons. The molecule has 1 rings (SSSR count). The van der Waals surface area contributed by atoms with Crippen LogP contribution in [0.3, 0.4) is 0 Å². The van der Waals surface area contributed by atoms with Gasteiger partial charge >= 0.3 is 0 Å². The van der Waals surface area contributed by atoms with Crippen molar-refractivity contribution in [2.24, 2.45) is 0 Å². The first-order valence-electron chi connectivity index (χ1n) is 6.68. The summed E-state index contributed by atoms with van der Waals surface area (Å²) in [6, 6.07) is 2.75. The number of hydrogen-bond acceptors (Lipinski definition) is 6. The van der Waals surface area contributed by atoms with Crippen molar-refractivity contribution >= 4 is 27.4 Å². The van der Waals surface area contributed by atoms with Crippen molar-refractivity contribution in [2.45, 2.75) is 30.7 Å². The van der Waals surface area contributed by atoms with Crippen molar-refractivity contribution < 1.29 is 13.2 Å². The summed E-state index contributed by atoms with van der Waals surface area (Å²) in [5.74, 6) is 0.418. The molecule has 1 aromatic rings. The second-order valence-corrected chi connectivity index (χ2v) is 6.78. The van der Waals surface area contributed by atoms with Gasteiger partial charge in [-0.2, -0.15) is 5.26 Å². The molecule has 0 fully saturated rings. The van der Waals surface area contributed by atoms with Crippen molar-refractivity contribution in [2.75, 3.05) is 25.6 Å². The number of sulfonamides is 1. The number of hydrogen-bond donors (Lipinski definition) is 2. The second kappa shape index (κ2) is 8.90. The van der Waals surface area contributed by atoms with Gasteiger partial charge in [0.05, 0.1) is 17.5 Å². The Kier molecular flexibility index (Phi) is 7.55. The average molecular weight is 347 g/mol. The molecule has 0 aliphatic rings. The maximum atomic E-state index is 12.1. The monoisotopic (exact) mass is 346 g/mol. The van der Waals surface area contributed by atoms with Crippen LogP contribution in [0, 0.1) is 11.3 Å². The first kappa shape index (κ1) is 18.6. The molecule has 0 aliphatic heterocycles. The van der Waals surface area contributed by atoms with Crippen molar-refractivity contribution in [1.82, 2.24) is 9.71 Å². The fourth-order valence-corrected chi connectivity index (χ4v) is 3.14. The van der Waals surface area contributed by atoms with Crippen molar-refractivity contribution in [3.63, 3.8) is 0 Å². The summed E-state index contributed by atoms with van der Waals surface area (Å²) < 4.78 is 31.6. The van der Waals surface area contributed by atoms with Gasteiger partial charge in [0.2, 0.25) is 10.0 Å². The van der Waals surface area contributed by atoms with Gasteiger partial charge < -0.3 is 10.1 Å². The van der Waals surface area contributed by atoms with Crippen LogP contribution < -0.4 is 10.0 Å². The number of nitrogens with one attached hydrogen (secondary N) is 2. The van der Waals surface area contributed by atoms with Crippen molar-refractivity contribution in [3.8, 4) is 6.07 Å². The third-order valence-corrected chi connectivity index (χ3v) is 4.54. The number of pyridine rings is 1. The van der Waals surface area contributed by atoms with Crippen LogP contribution in [0.25, 0.3) is 0 Å². The molecular formula is C13H19ClN4O3S. The Balaban J connectivity index is 2.77. The highest BCUT2D eigenvalue weighted by Crippen LogP contribution is 2.22. The van der Waals surface area contributed by atoms with Crippen molar-refractivity contribution in [1.29, 1.82) is 5.26 Å². The molecule has 0 saturated carbocycles. The summed E-state index contributed by atoms with van der Waals surface area (Å²) in [5, 5.41) is 11.8. The zero-order chi connectivity index (χ0) is 16.6. The van der Waals surface area contributed by atoms with Crippen LogP contribution in [-0.4, -0.2) is 39.7 Å². The van der Waals surface area contributed by atoms with Crippen LogP contribution in [0.2, 0.25) is 5.02 Å². The molecule has 1 unspecified atom stereocenters. The van der Waals surface area contributed by atoms with Gasteiger partial charge in [-0.25, -0.2) is 18.1 Å². The van der Waals surface area contributed by atoms with Crippen LogP contribution in [-0.2, 0) is 14.8 Å². The molecule has 0 aliphatic carbocycles. The molecule has 0 saturated heterocycles. The van der Waals surface area contributed by atoms with Gasteiger partial charge in [0.25, 0.3) is 0 Å². The van der Waals surface area contributed by atoms with Crippen molar-refractivity contribution in [3.05, 3.63) is 17.3 Å². The van der Waals surface area contributed by atoms with Crippen LogP contribution in [0.15, 0.2) is 17.2 Å². The van der Waals surface area contributed by atoms with Gasteiger partial charge in [0.15, 0.2) is 0 Å². The molecular weight excluding hydrogens is 328 g/mol. The van der Waals surface area contributed by atoms with E-state index in [9.17, 15) is 8.42 Å². The molecule has 1 aromatic heterocycles. The standard InChI is InChI=1S/C13H19ClN4O3S/c1-10(4-5-15)18-22(19,20)11-8-12(14)13(17-9-11)16-6-3-7-21-2/h8-10,18H,3-4,6-7H2,1-2H3,(H,16,17). The Labute approximate surface area is 135 Å². The molecule has 1 atom stereocenters. The highest BCUT2D eigenvalue weighted by atomic mass is 35.5. The van der Waals surface area contributed by atoms with Crippen LogP contribution >= 0.6 is 11.6 Å². The Bertz CT molecular complexity index is 631. The highest BCUT2D eigenvalue weighted by Gasteiger charge is 2.19. The summed E-state index contributed by atoms with van der Waals surface area (Å²) in [7, 11) is -2.13. The number of aromatic nitrogens is 1. The summed E-state index contributed by atoms with van der Waals surface area (Å²) in [6.45, 7) is 2.84. The van der Waals surface area contributed by atoms with Gasteiger partial charge in [0.1, 0.15) is 10.7 Å². The minimum Gasteiger partial charge on any atom is -0.385 e. The minimum absolute atomic E-state index is 0.0373. The normalized spacial score (nSPS) is 12.6. The fourth-order valence-electron chi connectivity index (χ4n) is 1.63. The third-order valence-electron chi connectivity index (χ3n) is 2.70. The molecule has 0 spiro atoms. The first-order chi connectivity index (χ1) is 10.4. The lowest BCUT2D eigenvalue weighted by Crippen LogP contribution is -2.32. The number of ether oxygens (including phenoxy) is 1.